The van der Waals surface area contributed by atoms with Gasteiger partial charge in [0.25, 0.3) is 0 Å². The Balaban J connectivity index is 1.63. The Hall–Kier alpha value is -0.410. The summed E-state index contributed by atoms with van der Waals surface area (Å²) in [5.41, 5.74) is -0.00813. The van der Waals surface area contributed by atoms with Crippen molar-refractivity contribution in [3.8, 4) is 0 Å². The highest BCUT2D eigenvalue weighted by molar-refractivity contribution is 5.82. The summed E-state index contributed by atoms with van der Waals surface area (Å²) in [6.07, 6.45) is 11.1. The Morgan fingerprint density at radius 3 is 2.50 bits per heavy atom. The standard InChI is InChI=1S/C25H42O3/c1-5-22(26)21-10-9-19-18-8-7-17-15-23(3,27)13-14-25(17,16-28-6-2)20(18)11-12-24(19,21)4/h17-21,27H,5-16H2,1-4H3. The highest BCUT2D eigenvalue weighted by Crippen LogP contribution is 2.68. The summed E-state index contributed by atoms with van der Waals surface area (Å²) in [6.45, 7) is 10.3. The van der Waals surface area contributed by atoms with E-state index in [4.69, 9.17) is 4.74 Å². The van der Waals surface area contributed by atoms with E-state index in [0.717, 1.165) is 50.7 Å². The van der Waals surface area contributed by atoms with Gasteiger partial charge in [-0.3, -0.25) is 4.79 Å². The lowest BCUT2D eigenvalue weighted by molar-refractivity contribution is -0.178. The number of ether oxygens (including phenoxy) is 1. The number of hydrogen-bond acceptors (Lipinski definition) is 3. The van der Waals surface area contributed by atoms with Crippen molar-refractivity contribution < 1.29 is 14.6 Å². The molecule has 0 aromatic carbocycles. The maximum atomic E-state index is 12.7. The zero-order chi connectivity index (χ0) is 20.2. The van der Waals surface area contributed by atoms with Crippen molar-refractivity contribution in [2.45, 2.75) is 97.5 Å². The predicted molar refractivity (Wildman–Crippen MR) is 112 cm³/mol. The Kier molecular flexibility index (Phi) is 5.49. The van der Waals surface area contributed by atoms with Gasteiger partial charge in [0.05, 0.1) is 12.2 Å². The molecular weight excluding hydrogens is 348 g/mol. The van der Waals surface area contributed by atoms with Gasteiger partial charge in [-0.1, -0.05) is 13.8 Å². The predicted octanol–water partition coefficient (Wildman–Crippen LogP) is 5.39. The van der Waals surface area contributed by atoms with Crippen LogP contribution >= 0.6 is 0 Å². The molecule has 4 fully saturated rings. The van der Waals surface area contributed by atoms with Crippen LogP contribution in [-0.2, 0) is 9.53 Å². The number of fused-ring (bicyclic) bond motifs is 5. The average Bonchev–Trinajstić information content (AvgIpc) is 3.02. The lowest BCUT2D eigenvalue weighted by atomic mass is 9.43. The molecule has 8 atom stereocenters. The Morgan fingerprint density at radius 2 is 1.79 bits per heavy atom. The first-order valence-corrected chi connectivity index (χ1v) is 12.1. The van der Waals surface area contributed by atoms with Crippen LogP contribution in [0.25, 0.3) is 0 Å². The lowest BCUT2D eigenvalue weighted by Crippen LogP contribution is -2.58. The summed E-state index contributed by atoms with van der Waals surface area (Å²) in [7, 11) is 0. The highest BCUT2D eigenvalue weighted by atomic mass is 16.5. The molecule has 0 heterocycles. The normalized spacial score (nSPS) is 50.5. The molecule has 3 heteroatoms. The van der Waals surface area contributed by atoms with Crippen LogP contribution < -0.4 is 0 Å². The van der Waals surface area contributed by atoms with E-state index in [1.807, 2.05) is 13.8 Å². The number of carbonyl (C=O) groups excluding carboxylic acids is 1. The Bertz CT molecular complexity index is 599. The molecule has 0 bridgehead atoms. The summed E-state index contributed by atoms with van der Waals surface area (Å²) in [4.78, 5) is 12.7. The zero-order valence-corrected chi connectivity index (χ0v) is 18.6. The minimum absolute atomic E-state index is 0.230. The third kappa shape index (κ3) is 3.11. The zero-order valence-electron chi connectivity index (χ0n) is 18.6. The van der Waals surface area contributed by atoms with Gasteiger partial charge >= 0.3 is 0 Å². The second-order valence-corrected chi connectivity index (χ2v) is 11.2. The van der Waals surface area contributed by atoms with Crippen LogP contribution in [0.15, 0.2) is 0 Å². The van der Waals surface area contributed by atoms with Crippen LogP contribution in [0.5, 0.6) is 0 Å². The van der Waals surface area contributed by atoms with E-state index in [1.165, 1.54) is 32.1 Å². The molecule has 0 aromatic rings. The second kappa shape index (κ2) is 7.38. The molecule has 0 spiro atoms. The van der Waals surface area contributed by atoms with Gasteiger partial charge in [-0.25, -0.2) is 0 Å². The van der Waals surface area contributed by atoms with Gasteiger partial charge in [0, 0.05) is 18.9 Å². The van der Waals surface area contributed by atoms with Crippen molar-refractivity contribution in [2.24, 2.45) is 40.4 Å². The third-order valence-electron chi connectivity index (χ3n) is 9.96. The van der Waals surface area contributed by atoms with Crippen molar-refractivity contribution in [3.63, 3.8) is 0 Å². The molecule has 4 aliphatic carbocycles. The minimum Gasteiger partial charge on any atom is -0.390 e. The smallest absolute Gasteiger partial charge is 0.136 e. The van der Waals surface area contributed by atoms with Crippen molar-refractivity contribution >= 4 is 5.78 Å². The van der Waals surface area contributed by atoms with Crippen LogP contribution in [0.2, 0.25) is 0 Å². The topological polar surface area (TPSA) is 46.5 Å². The van der Waals surface area contributed by atoms with E-state index in [2.05, 4.69) is 13.8 Å². The maximum absolute atomic E-state index is 12.7. The summed E-state index contributed by atoms with van der Waals surface area (Å²) in [6, 6.07) is 0. The quantitative estimate of drug-likeness (QED) is 0.684. The second-order valence-electron chi connectivity index (χ2n) is 11.2. The van der Waals surface area contributed by atoms with E-state index in [0.29, 0.717) is 30.0 Å². The molecule has 0 amide bonds. The largest absolute Gasteiger partial charge is 0.390 e. The molecule has 8 unspecified atom stereocenters. The summed E-state index contributed by atoms with van der Waals surface area (Å²) < 4.78 is 6.13. The fourth-order valence-corrected chi connectivity index (χ4v) is 8.58. The van der Waals surface area contributed by atoms with Crippen LogP contribution in [0.3, 0.4) is 0 Å². The molecule has 4 saturated carbocycles. The Labute approximate surface area is 172 Å². The van der Waals surface area contributed by atoms with Crippen molar-refractivity contribution in [2.75, 3.05) is 13.2 Å². The average molecular weight is 391 g/mol. The number of carbonyl (C=O) groups is 1. The lowest BCUT2D eigenvalue weighted by Gasteiger charge is -2.62. The van der Waals surface area contributed by atoms with Gasteiger partial charge in [-0.15, -0.1) is 0 Å². The molecule has 0 aliphatic heterocycles. The van der Waals surface area contributed by atoms with Gasteiger partial charge in [0.15, 0.2) is 0 Å². The van der Waals surface area contributed by atoms with Crippen LogP contribution in [0.4, 0.5) is 0 Å². The summed E-state index contributed by atoms with van der Waals surface area (Å²) in [5.74, 6) is 3.61. The fourth-order valence-electron chi connectivity index (χ4n) is 8.58. The van der Waals surface area contributed by atoms with Gasteiger partial charge in [-0.05, 0) is 106 Å². The van der Waals surface area contributed by atoms with Crippen LogP contribution in [0, 0.1) is 40.4 Å². The molecular formula is C25H42O3. The van der Waals surface area contributed by atoms with E-state index in [9.17, 15) is 9.90 Å². The van der Waals surface area contributed by atoms with E-state index >= 15 is 0 Å². The molecule has 0 aromatic heterocycles. The number of hydrogen-bond donors (Lipinski definition) is 1. The number of Topliss-reactive ketones (excluding diaryl/α,β-unsaturated/α-hetero) is 1. The number of aliphatic hydroxyl groups is 1. The van der Waals surface area contributed by atoms with Crippen LogP contribution in [0.1, 0.15) is 91.9 Å². The van der Waals surface area contributed by atoms with E-state index in [1.54, 1.807) is 0 Å². The monoisotopic (exact) mass is 390 g/mol. The van der Waals surface area contributed by atoms with Gasteiger partial charge in [-0.2, -0.15) is 0 Å². The summed E-state index contributed by atoms with van der Waals surface area (Å²) in [5, 5.41) is 10.8. The van der Waals surface area contributed by atoms with Gasteiger partial charge in [0.2, 0.25) is 0 Å². The highest BCUT2D eigenvalue weighted by Gasteiger charge is 2.62. The van der Waals surface area contributed by atoms with E-state index in [-0.39, 0.29) is 10.8 Å². The SMILES string of the molecule is CCOCC12CCC(C)(O)CC1CCC1C3CCC(C(=O)CC)C3(C)CCC12. The number of ketones is 1. The maximum Gasteiger partial charge on any atom is 0.136 e. The first-order valence-electron chi connectivity index (χ1n) is 12.1. The molecule has 3 nitrogen and oxygen atoms in total. The van der Waals surface area contributed by atoms with Crippen molar-refractivity contribution in [1.29, 1.82) is 0 Å². The summed E-state index contributed by atoms with van der Waals surface area (Å²) >= 11 is 0. The van der Waals surface area contributed by atoms with Gasteiger partial charge in [0.1, 0.15) is 5.78 Å². The first-order chi connectivity index (χ1) is 13.3. The van der Waals surface area contributed by atoms with Crippen LogP contribution in [-0.4, -0.2) is 29.7 Å². The van der Waals surface area contributed by atoms with Gasteiger partial charge < -0.3 is 9.84 Å². The molecule has 0 saturated heterocycles. The Morgan fingerprint density at radius 1 is 1.00 bits per heavy atom. The molecule has 4 aliphatic rings. The molecule has 0 radical (unpaired) electrons. The van der Waals surface area contributed by atoms with Crippen molar-refractivity contribution in [3.05, 3.63) is 0 Å². The molecule has 160 valence electrons. The fraction of sp³-hybridized carbons (Fsp3) is 0.960. The third-order valence-corrected chi connectivity index (χ3v) is 9.96. The van der Waals surface area contributed by atoms with Crippen molar-refractivity contribution in [1.82, 2.24) is 0 Å². The molecule has 4 rings (SSSR count). The first kappa shape index (κ1) is 20.8. The molecule has 28 heavy (non-hydrogen) atoms. The molecule has 1 N–H and O–H groups in total. The van der Waals surface area contributed by atoms with E-state index < -0.39 is 5.60 Å². The number of rotatable bonds is 5. The minimum atomic E-state index is -0.498.